The van der Waals surface area contributed by atoms with E-state index in [2.05, 4.69) is 26.2 Å². The molecular weight excluding hydrogens is 332 g/mol. The van der Waals surface area contributed by atoms with E-state index >= 15 is 0 Å². The van der Waals surface area contributed by atoms with Crippen LogP contribution in [0.2, 0.25) is 0 Å². The fraction of sp³-hybridized carbons (Fsp3) is 0. The maximum absolute atomic E-state index is 10.8. The normalized spacial score (nSPS) is 10.5. The summed E-state index contributed by atoms with van der Waals surface area (Å²) in [6.45, 7) is 0. The number of rotatable bonds is 3. The lowest BCUT2D eigenvalue weighted by molar-refractivity contribution is 0.0697. The number of hydrogen-bond acceptors (Lipinski definition) is 3. The van der Waals surface area contributed by atoms with Gasteiger partial charge in [-0.1, -0.05) is 15.9 Å². The second kappa shape index (κ2) is 5.54. The number of carbonyl (C=O) groups is 1. The van der Waals surface area contributed by atoms with Crippen molar-refractivity contribution < 1.29 is 9.90 Å². The van der Waals surface area contributed by atoms with Gasteiger partial charge in [0.15, 0.2) is 0 Å². The Bertz CT molecular complexity index is 816. The third-order valence-electron chi connectivity index (χ3n) is 3.12. The minimum atomic E-state index is -0.930. The van der Waals surface area contributed by atoms with Crippen molar-refractivity contribution in [3.05, 3.63) is 64.8 Å². The molecule has 21 heavy (non-hydrogen) atoms. The summed E-state index contributed by atoms with van der Waals surface area (Å²) in [6, 6.07) is 14.4. The van der Waals surface area contributed by atoms with E-state index in [1.165, 1.54) is 0 Å². The van der Waals surface area contributed by atoms with Crippen LogP contribution in [0.5, 0.6) is 0 Å². The molecule has 0 spiro atoms. The molecule has 0 saturated heterocycles. The average molecular weight is 343 g/mol. The first-order valence-electron chi connectivity index (χ1n) is 6.28. The molecule has 2 aromatic carbocycles. The molecule has 0 amide bonds. The predicted octanol–water partition coefficient (Wildman–Crippen LogP) is 4.44. The van der Waals surface area contributed by atoms with Gasteiger partial charge in [-0.05, 0) is 48.5 Å². The molecule has 1 aromatic heterocycles. The van der Waals surface area contributed by atoms with Crippen molar-refractivity contribution in [2.75, 3.05) is 5.32 Å². The van der Waals surface area contributed by atoms with Gasteiger partial charge in [-0.25, -0.2) is 4.79 Å². The molecule has 3 rings (SSSR count). The van der Waals surface area contributed by atoms with Crippen LogP contribution in [0.1, 0.15) is 10.4 Å². The molecule has 0 radical (unpaired) electrons. The monoisotopic (exact) mass is 342 g/mol. The maximum Gasteiger partial charge on any atom is 0.335 e. The van der Waals surface area contributed by atoms with Crippen LogP contribution in [0.25, 0.3) is 10.9 Å². The molecule has 0 bridgehead atoms. The number of nitrogens with zero attached hydrogens (tertiary/aromatic N) is 1. The van der Waals surface area contributed by atoms with Crippen molar-refractivity contribution in [1.82, 2.24) is 4.98 Å². The van der Waals surface area contributed by atoms with E-state index in [4.69, 9.17) is 5.11 Å². The van der Waals surface area contributed by atoms with Crippen molar-refractivity contribution in [3.63, 3.8) is 0 Å². The highest BCUT2D eigenvalue weighted by Crippen LogP contribution is 2.27. The number of anilines is 2. The van der Waals surface area contributed by atoms with Crippen LogP contribution in [0.15, 0.2) is 59.2 Å². The minimum absolute atomic E-state index is 0.268. The fourth-order valence-electron chi connectivity index (χ4n) is 2.08. The summed E-state index contributed by atoms with van der Waals surface area (Å²) in [5.74, 6) is -0.930. The van der Waals surface area contributed by atoms with E-state index < -0.39 is 5.97 Å². The topological polar surface area (TPSA) is 62.2 Å². The highest BCUT2D eigenvalue weighted by molar-refractivity contribution is 9.10. The van der Waals surface area contributed by atoms with Crippen molar-refractivity contribution in [2.24, 2.45) is 0 Å². The Balaban J connectivity index is 1.96. The molecule has 5 heteroatoms. The Kier molecular flexibility index (Phi) is 3.58. The number of hydrogen-bond donors (Lipinski definition) is 2. The molecule has 0 fully saturated rings. The Hall–Kier alpha value is -2.40. The summed E-state index contributed by atoms with van der Waals surface area (Å²) >= 11 is 3.43. The number of carboxylic acids is 1. The van der Waals surface area contributed by atoms with E-state index in [0.717, 1.165) is 26.8 Å². The lowest BCUT2D eigenvalue weighted by Crippen LogP contribution is -1.97. The standard InChI is InChI=1S/C16H11BrN2O2/c17-11-3-6-13-14(7-8-18-15(13)9-11)19-12-4-1-10(2-5-12)16(20)21/h1-9H,(H,18,19)(H,20,21). The molecule has 0 saturated carbocycles. The first-order chi connectivity index (χ1) is 10.1. The molecule has 0 aliphatic rings. The molecule has 2 N–H and O–H groups in total. The van der Waals surface area contributed by atoms with E-state index in [1.54, 1.807) is 30.5 Å². The number of aromatic carboxylic acids is 1. The molecule has 104 valence electrons. The summed E-state index contributed by atoms with van der Waals surface area (Å²) < 4.78 is 0.977. The zero-order valence-corrected chi connectivity index (χ0v) is 12.5. The largest absolute Gasteiger partial charge is 0.478 e. The lowest BCUT2D eigenvalue weighted by atomic mass is 10.1. The van der Waals surface area contributed by atoms with Crippen LogP contribution in [0, 0.1) is 0 Å². The van der Waals surface area contributed by atoms with Gasteiger partial charge < -0.3 is 10.4 Å². The van der Waals surface area contributed by atoms with Gasteiger partial charge in [0, 0.05) is 27.4 Å². The third kappa shape index (κ3) is 2.87. The van der Waals surface area contributed by atoms with E-state index in [-0.39, 0.29) is 5.56 Å². The van der Waals surface area contributed by atoms with Crippen LogP contribution in [-0.4, -0.2) is 16.1 Å². The smallest absolute Gasteiger partial charge is 0.335 e. The van der Waals surface area contributed by atoms with E-state index in [1.807, 2.05) is 24.3 Å². The van der Waals surface area contributed by atoms with Gasteiger partial charge in [0.1, 0.15) is 0 Å². The average Bonchev–Trinajstić information content (AvgIpc) is 2.47. The quantitative estimate of drug-likeness (QED) is 0.738. The Labute approximate surface area is 129 Å². The fourth-order valence-corrected chi connectivity index (χ4v) is 2.43. The van der Waals surface area contributed by atoms with Crippen LogP contribution in [-0.2, 0) is 0 Å². The molecule has 0 unspecified atom stereocenters. The molecule has 0 aliphatic heterocycles. The van der Waals surface area contributed by atoms with Crippen LogP contribution in [0.3, 0.4) is 0 Å². The Morgan fingerprint density at radius 1 is 1.10 bits per heavy atom. The molecular formula is C16H11BrN2O2. The highest BCUT2D eigenvalue weighted by atomic mass is 79.9. The van der Waals surface area contributed by atoms with Gasteiger partial charge in [-0.3, -0.25) is 4.98 Å². The van der Waals surface area contributed by atoms with Crippen molar-refractivity contribution in [3.8, 4) is 0 Å². The first kappa shape index (κ1) is 13.6. The Morgan fingerprint density at radius 2 is 1.86 bits per heavy atom. The zero-order valence-electron chi connectivity index (χ0n) is 10.9. The molecule has 1 heterocycles. The minimum Gasteiger partial charge on any atom is -0.478 e. The summed E-state index contributed by atoms with van der Waals surface area (Å²) in [4.78, 5) is 15.2. The van der Waals surface area contributed by atoms with Crippen molar-refractivity contribution in [2.45, 2.75) is 0 Å². The second-order valence-electron chi connectivity index (χ2n) is 4.53. The molecule has 0 aliphatic carbocycles. The number of carboxylic acid groups (broad SMARTS) is 1. The summed E-state index contributed by atoms with van der Waals surface area (Å²) in [5, 5.41) is 13.2. The van der Waals surface area contributed by atoms with Crippen LogP contribution < -0.4 is 5.32 Å². The van der Waals surface area contributed by atoms with Crippen LogP contribution >= 0.6 is 15.9 Å². The summed E-state index contributed by atoms with van der Waals surface area (Å²) in [7, 11) is 0. The number of halogens is 1. The summed E-state index contributed by atoms with van der Waals surface area (Å²) in [6.07, 6.45) is 1.74. The second-order valence-corrected chi connectivity index (χ2v) is 5.44. The van der Waals surface area contributed by atoms with Gasteiger partial charge in [0.05, 0.1) is 11.1 Å². The van der Waals surface area contributed by atoms with Crippen molar-refractivity contribution >= 4 is 44.2 Å². The number of aromatic nitrogens is 1. The van der Waals surface area contributed by atoms with Crippen molar-refractivity contribution in [1.29, 1.82) is 0 Å². The SMILES string of the molecule is O=C(O)c1ccc(Nc2ccnc3cc(Br)ccc23)cc1. The number of benzene rings is 2. The molecule has 0 atom stereocenters. The highest BCUT2D eigenvalue weighted by Gasteiger charge is 2.05. The van der Waals surface area contributed by atoms with E-state index in [9.17, 15) is 4.79 Å². The van der Waals surface area contributed by atoms with Crippen LogP contribution in [0.4, 0.5) is 11.4 Å². The molecule has 3 aromatic rings. The van der Waals surface area contributed by atoms with Gasteiger partial charge in [0.2, 0.25) is 0 Å². The lowest BCUT2D eigenvalue weighted by Gasteiger charge is -2.10. The Morgan fingerprint density at radius 3 is 2.57 bits per heavy atom. The zero-order chi connectivity index (χ0) is 14.8. The van der Waals surface area contributed by atoms with Gasteiger partial charge in [-0.15, -0.1) is 0 Å². The van der Waals surface area contributed by atoms with Gasteiger partial charge in [0.25, 0.3) is 0 Å². The first-order valence-corrected chi connectivity index (χ1v) is 7.07. The van der Waals surface area contributed by atoms with Gasteiger partial charge >= 0.3 is 5.97 Å². The molecule has 4 nitrogen and oxygen atoms in total. The van der Waals surface area contributed by atoms with Gasteiger partial charge in [-0.2, -0.15) is 0 Å². The van der Waals surface area contributed by atoms with E-state index in [0.29, 0.717) is 0 Å². The number of pyridine rings is 1. The number of nitrogens with one attached hydrogen (secondary N) is 1. The predicted molar refractivity (Wildman–Crippen MR) is 86.1 cm³/mol. The maximum atomic E-state index is 10.8. The summed E-state index contributed by atoms with van der Waals surface area (Å²) in [5.41, 5.74) is 2.91. The number of fused-ring (bicyclic) bond motifs is 1. The third-order valence-corrected chi connectivity index (χ3v) is 3.61.